The standard InChI is InChI=1S/C14H10N4O4/c19-13-7-6-11(18(20)21)8-17(13)9-12-15-14(16-22-12)10-4-2-1-3-5-10/h1-8H,9H2. The molecule has 2 heterocycles. The Labute approximate surface area is 123 Å². The Kier molecular flexibility index (Phi) is 3.48. The van der Waals surface area contributed by atoms with Crippen LogP contribution in [-0.2, 0) is 6.54 Å². The summed E-state index contributed by atoms with van der Waals surface area (Å²) in [5.74, 6) is 0.593. The molecule has 110 valence electrons. The van der Waals surface area contributed by atoms with Gasteiger partial charge in [-0.3, -0.25) is 19.5 Å². The number of nitro groups is 1. The van der Waals surface area contributed by atoms with Gasteiger partial charge >= 0.3 is 0 Å². The quantitative estimate of drug-likeness (QED) is 0.537. The lowest BCUT2D eigenvalue weighted by molar-refractivity contribution is -0.385. The molecule has 0 N–H and O–H groups in total. The maximum absolute atomic E-state index is 11.7. The summed E-state index contributed by atoms with van der Waals surface area (Å²) in [6.07, 6.45) is 1.15. The molecule has 0 aliphatic carbocycles. The first-order valence-electron chi connectivity index (χ1n) is 6.36. The van der Waals surface area contributed by atoms with E-state index in [9.17, 15) is 14.9 Å². The van der Waals surface area contributed by atoms with Gasteiger partial charge in [0.15, 0.2) is 0 Å². The number of rotatable bonds is 4. The molecule has 8 heteroatoms. The number of benzene rings is 1. The normalized spacial score (nSPS) is 10.5. The molecular weight excluding hydrogens is 288 g/mol. The van der Waals surface area contributed by atoms with Gasteiger partial charge in [0, 0.05) is 17.7 Å². The molecule has 8 nitrogen and oxygen atoms in total. The molecule has 22 heavy (non-hydrogen) atoms. The summed E-state index contributed by atoms with van der Waals surface area (Å²) in [5.41, 5.74) is 0.219. The van der Waals surface area contributed by atoms with E-state index in [-0.39, 0.29) is 23.7 Å². The van der Waals surface area contributed by atoms with E-state index in [0.29, 0.717) is 5.82 Å². The minimum Gasteiger partial charge on any atom is -0.337 e. The topological polar surface area (TPSA) is 104 Å². The third-order valence-electron chi connectivity index (χ3n) is 2.98. The van der Waals surface area contributed by atoms with E-state index in [1.807, 2.05) is 30.3 Å². The average Bonchev–Trinajstić information content (AvgIpc) is 2.99. The molecule has 0 saturated heterocycles. The monoisotopic (exact) mass is 298 g/mol. The second-order valence-corrected chi connectivity index (χ2v) is 4.49. The Bertz CT molecular complexity index is 870. The van der Waals surface area contributed by atoms with Crippen molar-refractivity contribution in [2.75, 3.05) is 0 Å². The zero-order valence-electron chi connectivity index (χ0n) is 11.2. The van der Waals surface area contributed by atoms with Crippen molar-refractivity contribution in [1.82, 2.24) is 14.7 Å². The van der Waals surface area contributed by atoms with Gasteiger partial charge < -0.3 is 4.52 Å². The van der Waals surface area contributed by atoms with Gasteiger partial charge in [-0.15, -0.1) is 0 Å². The molecule has 0 fully saturated rings. The molecule has 0 radical (unpaired) electrons. The maximum atomic E-state index is 11.7. The van der Waals surface area contributed by atoms with E-state index >= 15 is 0 Å². The third-order valence-corrected chi connectivity index (χ3v) is 2.98. The number of aromatic nitrogens is 3. The van der Waals surface area contributed by atoms with Gasteiger partial charge in [0.1, 0.15) is 6.54 Å². The highest BCUT2D eigenvalue weighted by molar-refractivity contribution is 5.53. The highest BCUT2D eigenvalue weighted by Crippen LogP contribution is 2.15. The number of hydrogen-bond acceptors (Lipinski definition) is 6. The smallest absolute Gasteiger partial charge is 0.285 e. The second kappa shape index (κ2) is 5.60. The van der Waals surface area contributed by atoms with Gasteiger partial charge in [-0.05, 0) is 0 Å². The summed E-state index contributed by atoms with van der Waals surface area (Å²) in [7, 11) is 0. The van der Waals surface area contributed by atoms with Crippen molar-refractivity contribution in [2.45, 2.75) is 6.54 Å². The van der Waals surface area contributed by atoms with Crippen LogP contribution >= 0.6 is 0 Å². The van der Waals surface area contributed by atoms with E-state index in [1.54, 1.807) is 0 Å². The molecule has 3 rings (SSSR count). The van der Waals surface area contributed by atoms with Crippen molar-refractivity contribution >= 4 is 5.69 Å². The van der Waals surface area contributed by atoms with Gasteiger partial charge in [-0.2, -0.15) is 4.98 Å². The molecule has 0 unspecified atom stereocenters. The highest BCUT2D eigenvalue weighted by atomic mass is 16.6. The van der Waals surface area contributed by atoms with Crippen LogP contribution in [0.5, 0.6) is 0 Å². The van der Waals surface area contributed by atoms with Crippen molar-refractivity contribution in [3.63, 3.8) is 0 Å². The van der Waals surface area contributed by atoms with Gasteiger partial charge in [0.2, 0.25) is 11.7 Å². The van der Waals surface area contributed by atoms with Crippen molar-refractivity contribution in [3.05, 3.63) is 75.0 Å². The number of hydrogen-bond donors (Lipinski definition) is 0. The van der Waals surface area contributed by atoms with Crippen molar-refractivity contribution in [3.8, 4) is 11.4 Å². The van der Waals surface area contributed by atoms with Crippen molar-refractivity contribution in [1.29, 1.82) is 0 Å². The predicted octanol–water partition coefficient (Wildman–Crippen LogP) is 1.85. The van der Waals surface area contributed by atoms with Crippen LogP contribution in [-0.4, -0.2) is 19.6 Å². The molecule has 2 aromatic heterocycles. The first-order valence-corrected chi connectivity index (χ1v) is 6.36. The summed E-state index contributed by atoms with van der Waals surface area (Å²) < 4.78 is 6.24. The van der Waals surface area contributed by atoms with Crippen LogP contribution in [0.4, 0.5) is 5.69 Å². The lowest BCUT2D eigenvalue weighted by atomic mass is 10.2. The first-order chi connectivity index (χ1) is 10.6. The van der Waals surface area contributed by atoms with Crippen LogP contribution in [0.2, 0.25) is 0 Å². The zero-order chi connectivity index (χ0) is 15.5. The Balaban J connectivity index is 1.88. The van der Waals surface area contributed by atoms with Gasteiger partial charge in [0.25, 0.3) is 11.2 Å². The Morgan fingerprint density at radius 2 is 1.95 bits per heavy atom. The largest absolute Gasteiger partial charge is 0.337 e. The molecule has 0 spiro atoms. The second-order valence-electron chi connectivity index (χ2n) is 4.49. The Hall–Kier alpha value is -3.29. The lowest BCUT2D eigenvalue weighted by Crippen LogP contribution is -2.19. The zero-order valence-corrected chi connectivity index (χ0v) is 11.2. The molecule has 0 aliphatic heterocycles. The SMILES string of the molecule is O=c1ccc([N+](=O)[O-])cn1Cc1nc(-c2ccccc2)no1. The lowest BCUT2D eigenvalue weighted by Gasteiger charge is -2.00. The van der Waals surface area contributed by atoms with Crippen LogP contribution in [0.3, 0.4) is 0 Å². The number of nitrogens with zero attached hydrogens (tertiary/aromatic N) is 4. The third kappa shape index (κ3) is 2.75. The molecule has 0 amide bonds. The summed E-state index contributed by atoms with van der Waals surface area (Å²) >= 11 is 0. The van der Waals surface area contributed by atoms with Crippen LogP contribution in [0.15, 0.2) is 58.0 Å². The van der Waals surface area contributed by atoms with E-state index < -0.39 is 4.92 Å². The van der Waals surface area contributed by atoms with Crippen LogP contribution in [0, 0.1) is 10.1 Å². The maximum Gasteiger partial charge on any atom is 0.285 e. The molecule has 0 aliphatic rings. The summed E-state index contributed by atoms with van der Waals surface area (Å²) in [6, 6.07) is 11.5. The fraction of sp³-hybridized carbons (Fsp3) is 0.0714. The van der Waals surface area contributed by atoms with Gasteiger partial charge in [-0.1, -0.05) is 35.5 Å². The van der Waals surface area contributed by atoms with E-state index in [2.05, 4.69) is 10.1 Å². The van der Waals surface area contributed by atoms with Gasteiger partial charge in [-0.25, -0.2) is 0 Å². The Morgan fingerprint density at radius 3 is 2.68 bits per heavy atom. The molecule has 0 atom stereocenters. The molecular formula is C14H10N4O4. The fourth-order valence-electron chi connectivity index (χ4n) is 1.92. The summed E-state index contributed by atoms with van der Waals surface area (Å²) in [6.45, 7) is -0.0274. The van der Waals surface area contributed by atoms with E-state index in [1.165, 1.54) is 0 Å². The van der Waals surface area contributed by atoms with Crippen LogP contribution < -0.4 is 5.56 Å². The molecule has 3 aromatic rings. The fourth-order valence-corrected chi connectivity index (χ4v) is 1.92. The van der Waals surface area contributed by atoms with E-state index in [0.717, 1.165) is 28.5 Å². The minimum atomic E-state index is -0.570. The molecule has 0 bridgehead atoms. The average molecular weight is 298 g/mol. The van der Waals surface area contributed by atoms with Gasteiger partial charge in [0.05, 0.1) is 11.1 Å². The van der Waals surface area contributed by atoms with Crippen LogP contribution in [0.1, 0.15) is 5.89 Å². The number of pyridine rings is 1. The first kappa shape index (κ1) is 13.7. The summed E-state index contributed by atoms with van der Waals surface area (Å²) in [4.78, 5) is 26.1. The summed E-state index contributed by atoms with van der Waals surface area (Å²) in [5, 5.41) is 14.6. The Morgan fingerprint density at radius 1 is 1.18 bits per heavy atom. The highest BCUT2D eigenvalue weighted by Gasteiger charge is 2.12. The van der Waals surface area contributed by atoms with E-state index in [4.69, 9.17) is 4.52 Å². The molecule has 0 saturated carbocycles. The predicted molar refractivity (Wildman–Crippen MR) is 76.2 cm³/mol. The molecule has 1 aromatic carbocycles. The van der Waals surface area contributed by atoms with Crippen molar-refractivity contribution < 1.29 is 9.45 Å². The van der Waals surface area contributed by atoms with Crippen LogP contribution in [0.25, 0.3) is 11.4 Å². The van der Waals surface area contributed by atoms with Crippen molar-refractivity contribution in [2.24, 2.45) is 0 Å². The minimum absolute atomic E-state index is 0.0274.